The quantitative estimate of drug-likeness (QED) is 0.657. The Kier molecular flexibility index (Phi) is 6.76. The number of nitrogens with zero attached hydrogens (tertiary/aromatic N) is 2. The van der Waals surface area contributed by atoms with Crippen molar-refractivity contribution in [2.24, 2.45) is 4.99 Å². The predicted octanol–water partition coefficient (Wildman–Crippen LogP) is 3.52. The Hall–Kier alpha value is -2.03. The average molecular weight is 450 g/mol. The zero-order valence-corrected chi connectivity index (χ0v) is 17.3. The SMILES string of the molecule is COCCCNC(=O)CN1C(=O)CC(c2ccc(Br)s2)=Nc2ccccc21. The molecule has 0 aliphatic carbocycles. The molecule has 0 fully saturated rings. The van der Waals surface area contributed by atoms with Gasteiger partial charge in [-0.25, -0.2) is 4.99 Å². The third kappa shape index (κ3) is 5.03. The van der Waals surface area contributed by atoms with Gasteiger partial charge in [0, 0.05) is 20.3 Å². The minimum Gasteiger partial charge on any atom is -0.385 e. The molecule has 1 aliphatic heterocycles. The van der Waals surface area contributed by atoms with Gasteiger partial charge in [-0.3, -0.25) is 9.59 Å². The number of para-hydroxylation sites is 2. The highest BCUT2D eigenvalue weighted by molar-refractivity contribution is 9.11. The Morgan fingerprint density at radius 2 is 2.15 bits per heavy atom. The summed E-state index contributed by atoms with van der Waals surface area (Å²) in [4.78, 5) is 32.4. The maximum atomic E-state index is 12.9. The van der Waals surface area contributed by atoms with E-state index in [-0.39, 0.29) is 24.8 Å². The molecule has 0 saturated heterocycles. The normalized spacial score (nSPS) is 13.8. The summed E-state index contributed by atoms with van der Waals surface area (Å²) in [6.07, 6.45) is 0.881. The fraction of sp³-hybridized carbons (Fsp3) is 0.316. The highest BCUT2D eigenvalue weighted by Crippen LogP contribution is 2.34. The van der Waals surface area contributed by atoms with Gasteiger partial charge in [-0.15, -0.1) is 11.3 Å². The summed E-state index contributed by atoms with van der Waals surface area (Å²) in [5.41, 5.74) is 2.06. The smallest absolute Gasteiger partial charge is 0.240 e. The van der Waals surface area contributed by atoms with Crippen LogP contribution < -0.4 is 10.2 Å². The number of aliphatic imine (C=N–C) groups is 1. The average Bonchev–Trinajstić information content (AvgIpc) is 3.04. The Morgan fingerprint density at radius 1 is 1.33 bits per heavy atom. The van der Waals surface area contributed by atoms with Crippen LogP contribution >= 0.6 is 27.3 Å². The number of thiophene rings is 1. The maximum absolute atomic E-state index is 12.9. The Balaban J connectivity index is 1.80. The minimum absolute atomic E-state index is 0.0280. The van der Waals surface area contributed by atoms with Crippen molar-refractivity contribution in [1.29, 1.82) is 0 Å². The summed E-state index contributed by atoms with van der Waals surface area (Å²) in [5, 5.41) is 2.83. The van der Waals surface area contributed by atoms with Gasteiger partial charge in [0.15, 0.2) is 0 Å². The monoisotopic (exact) mass is 449 g/mol. The molecule has 142 valence electrons. The second kappa shape index (κ2) is 9.25. The first-order valence-electron chi connectivity index (χ1n) is 8.57. The van der Waals surface area contributed by atoms with Gasteiger partial charge in [0.2, 0.25) is 11.8 Å². The number of nitrogens with one attached hydrogen (secondary N) is 1. The van der Waals surface area contributed by atoms with Gasteiger partial charge in [-0.05, 0) is 46.6 Å². The highest BCUT2D eigenvalue weighted by Gasteiger charge is 2.26. The molecule has 6 nitrogen and oxygen atoms in total. The number of halogens is 1. The van der Waals surface area contributed by atoms with Gasteiger partial charge in [0.05, 0.1) is 32.2 Å². The predicted molar refractivity (Wildman–Crippen MR) is 111 cm³/mol. The molecule has 27 heavy (non-hydrogen) atoms. The molecule has 2 heterocycles. The van der Waals surface area contributed by atoms with Gasteiger partial charge >= 0.3 is 0 Å². The minimum atomic E-state index is -0.198. The van der Waals surface area contributed by atoms with Crippen LogP contribution in [0.4, 0.5) is 11.4 Å². The van der Waals surface area contributed by atoms with E-state index >= 15 is 0 Å². The summed E-state index contributed by atoms with van der Waals surface area (Å²) in [6.45, 7) is 1.07. The Labute approximate surface area is 170 Å². The Morgan fingerprint density at radius 3 is 2.89 bits per heavy atom. The third-order valence-corrected chi connectivity index (χ3v) is 5.73. The molecule has 2 amide bonds. The van der Waals surface area contributed by atoms with E-state index in [1.807, 2.05) is 36.4 Å². The van der Waals surface area contributed by atoms with Crippen LogP contribution in [0.15, 0.2) is 45.2 Å². The summed E-state index contributed by atoms with van der Waals surface area (Å²) in [7, 11) is 1.62. The molecule has 0 bridgehead atoms. The molecule has 0 unspecified atom stereocenters. The van der Waals surface area contributed by atoms with E-state index in [9.17, 15) is 9.59 Å². The van der Waals surface area contributed by atoms with E-state index in [4.69, 9.17) is 9.73 Å². The first kappa shape index (κ1) is 19.7. The summed E-state index contributed by atoms with van der Waals surface area (Å²) in [6, 6.07) is 11.3. The van der Waals surface area contributed by atoms with Gasteiger partial charge in [-0.1, -0.05) is 12.1 Å². The van der Waals surface area contributed by atoms with E-state index in [2.05, 4.69) is 21.2 Å². The second-order valence-electron chi connectivity index (χ2n) is 6.00. The van der Waals surface area contributed by atoms with Crippen LogP contribution in [0.25, 0.3) is 0 Å². The lowest BCUT2D eigenvalue weighted by atomic mass is 10.2. The van der Waals surface area contributed by atoms with Crippen molar-refractivity contribution in [3.05, 3.63) is 45.1 Å². The lowest BCUT2D eigenvalue weighted by Gasteiger charge is -2.21. The molecule has 0 radical (unpaired) electrons. The molecule has 0 atom stereocenters. The Bertz CT molecular complexity index is 865. The summed E-state index contributed by atoms with van der Waals surface area (Å²) < 4.78 is 5.96. The fourth-order valence-corrected chi connectivity index (χ4v) is 4.15. The van der Waals surface area contributed by atoms with E-state index in [0.29, 0.717) is 30.2 Å². The van der Waals surface area contributed by atoms with Gasteiger partial charge < -0.3 is 15.0 Å². The van der Waals surface area contributed by atoms with Crippen LogP contribution in [0.2, 0.25) is 0 Å². The van der Waals surface area contributed by atoms with E-state index in [1.54, 1.807) is 7.11 Å². The molecule has 8 heteroatoms. The molecule has 3 rings (SSSR count). The number of carbonyl (C=O) groups is 2. The number of benzene rings is 1. The molecule has 2 aromatic rings. The molecule has 1 aromatic heterocycles. The molecule has 1 aliphatic rings. The molecular formula is C19H20BrN3O3S. The lowest BCUT2D eigenvalue weighted by molar-refractivity contribution is -0.123. The fourth-order valence-electron chi connectivity index (χ4n) is 2.77. The molecular weight excluding hydrogens is 430 g/mol. The number of methoxy groups -OCH3 is 1. The van der Waals surface area contributed by atoms with Crippen molar-refractivity contribution in [2.75, 3.05) is 31.7 Å². The first-order chi connectivity index (χ1) is 13.1. The molecule has 1 aromatic carbocycles. The van der Waals surface area contributed by atoms with Crippen LogP contribution in [-0.2, 0) is 14.3 Å². The topological polar surface area (TPSA) is 71.0 Å². The number of anilines is 1. The number of rotatable bonds is 7. The second-order valence-corrected chi connectivity index (χ2v) is 8.47. The van der Waals surface area contributed by atoms with Gasteiger partial charge in [0.25, 0.3) is 0 Å². The van der Waals surface area contributed by atoms with Crippen molar-refractivity contribution >= 4 is 56.2 Å². The van der Waals surface area contributed by atoms with Crippen LogP contribution in [0.5, 0.6) is 0 Å². The van der Waals surface area contributed by atoms with Crippen LogP contribution in [0.3, 0.4) is 0 Å². The van der Waals surface area contributed by atoms with Crippen molar-refractivity contribution < 1.29 is 14.3 Å². The zero-order valence-electron chi connectivity index (χ0n) is 14.9. The number of hydrogen-bond donors (Lipinski definition) is 1. The molecule has 0 saturated carbocycles. The van der Waals surface area contributed by atoms with Crippen LogP contribution in [0.1, 0.15) is 17.7 Å². The number of hydrogen-bond acceptors (Lipinski definition) is 5. The van der Waals surface area contributed by atoms with Crippen molar-refractivity contribution in [1.82, 2.24) is 5.32 Å². The maximum Gasteiger partial charge on any atom is 0.240 e. The van der Waals surface area contributed by atoms with E-state index in [1.165, 1.54) is 16.2 Å². The number of carbonyl (C=O) groups excluding carboxylic acids is 2. The largest absolute Gasteiger partial charge is 0.385 e. The van der Waals surface area contributed by atoms with E-state index < -0.39 is 0 Å². The van der Waals surface area contributed by atoms with Crippen LogP contribution in [-0.4, -0.2) is 44.3 Å². The molecule has 0 spiro atoms. The van der Waals surface area contributed by atoms with Crippen LogP contribution in [0, 0.1) is 0 Å². The van der Waals surface area contributed by atoms with Gasteiger partial charge in [0.1, 0.15) is 6.54 Å². The van der Waals surface area contributed by atoms with Gasteiger partial charge in [-0.2, -0.15) is 0 Å². The van der Waals surface area contributed by atoms with Crippen molar-refractivity contribution in [3.63, 3.8) is 0 Å². The third-order valence-electron chi connectivity index (χ3n) is 4.05. The summed E-state index contributed by atoms with van der Waals surface area (Å²) >= 11 is 4.99. The number of fused-ring (bicyclic) bond motifs is 1. The molecule has 1 N–H and O–H groups in total. The van der Waals surface area contributed by atoms with Crippen molar-refractivity contribution in [2.45, 2.75) is 12.8 Å². The standard InChI is InChI=1S/C19H20BrN3O3S/c1-26-10-4-9-21-18(24)12-23-15-6-3-2-5-13(15)22-14(11-19(23)25)16-7-8-17(20)27-16/h2-3,5-8H,4,9-12H2,1H3,(H,21,24). The zero-order chi connectivity index (χ0) is 19.2. The number of amides is 2. The summed E-state index contributed by atoms with van der Waals surface area (Å²) in [5.74, 6) is -0.341. The first-order valence-corrected chi connectivity index (χ1v) is 10.2. The lowest BCUT2D eigenvalue weighted by Crippen LogP contribution is -2.41. The number of ether oxygens (including phenoxy) is 1. The highest BCUT2D eigenvalue weighted by atomic mass is 79.9. The van der Waals surface area contributed by atoms with E-state index in [0.717, 1.165) is 15.1 Å². The van der Waals surface area contributed by atoms with Crippen molar-refractivity contribution in [3.8, 4) is 0 Å².